The van der Waals surface area contributed by atoms with Gasteiger partial charge in [0.05, 0.1) is 37.5 Å². The number of hydrogen-bond acceptors (Lipinski definition) is 12. The largest absolute Gasteiger partial charge is 0.390 e. The Morgan fingerprint density at radius 1 is 0.792 bits per heavy atom. The second kappa shape index (κ2) is 27.7. The summed E-state index contributed by atoms with van der Waals surface area (Å²) < 4.78 is 1.66. The van der Waals surface area contributed by atoms with Crippen molar-refractivity contribution in [2.45, 2.75) is 154 Å². The molecule has 4 rings (SSSR count). The van der Waals surface area contributed by atoms with Gasteiger partial charge < -0.3 is 69.1 Å². The summed E-state index contributed by atoms with van der Waals surface area (Å²) in [4.78, 5) is 125. The van der Waals surface area contributed by atoms with Crippen molar-refractivity contribution in [3.8, 4) is 0 Å². The Morgan fingerprint density at radius 2 is 1.44 bits per heavy atom. The van der Waals surface area contributed by atoms with Crippen molar-refractivity contribution < 1.29 is 48.3 Å². The Morgan fingerprint density at radius 3 is 2.07 bits per heavy atom. The third-order valence-electron chi connectivity index (χ3n) is 12.8. The number of benzene rings is 1. The lowest BCUT2D eigenvalue weighted by Crippen LogP contribution is -2.59. The first-order valence-corrected chi connectivity index (χ1v) is 24.6. The third kappa shape index (κ3) is 18.1. The number of hydrogen-bond donors (Lipinski definition) is 12. The fourth-order valence-corrected chi connectivity index (χ4v) is 8.67. The maximum atomic E-state index is 14.0. The number of nitrogens with zero attached hydrogens (tertiary/aromatic N) is 2. The second-order valence-corrected chi connectivity index (χ2v) is 19.7. The SMILES string of the molecule is CC(C)C[C@H](NC(=O)[C@H](Cc1cncn1C)NC(=O)CNC(=O)[C@@H](NC(=O)[C@H](C)NC(=O)[C@H](Cc1c[nH]c2ccccc12)NC(=O)[C@@H](N)CCC(N)=O)C(C)C)[C@@H](O)CC(=O)N[C@@H](CC1CCCC1)C(N)=O. The van der Waals surface area contributed by atoms with Crippen LogP contribution in [-0.4, -0.2) is 128 Å². The molecule has 1 aromatic carbocycles. The maximum Gasteiger partial charge on any atom is 0.243 e. The van der Waals surface area contributed by atoms with Gasteiger partial charge in [0.25, 0.3) is 0 Å². The van der Waals surface area contributed by atoms with E-state index in [0.29, 0.717) is 17.7 Å². The van der Waals surface area contributed by atoms with Crippen LogP contribution in [0.4, 0.5) is 0 Å². The summed E-state index contributed by atoms with van der Waals surface area (Å²) in [7, 11) is 1.70. The number of primary amides is 2. The Kier molecular flexibility index (Phi) is 22.2. The summed E-state index contributed by atoms with van der Waals surface area (Å²) in [5.74, 6) is -6.62. The molecule has 396 valence electrons. The normalized spacial score (nSPS) is 16.1. The molecule has 0 unspecified atom stereocenters. The van der Waals surface area contributed by atoms with E-state index in [1.165, 1.54) is 19.4 Å². The molecule has 2 aromatic heterocycles. The van der Waals surface area contributed by atoms with Gasteiger partial charge in [0.2, 0.25) is 53.2 Å². The van der Waals surface area contributed by atoms with Gasteiger partial charge in [-0.3, -0.25) is 43.2 Å². The summed E-state index contributed by atoms with van der Waals surface area (Å²) >= 11 is 0. The molecule has 23 nitrogen and oxygen atoms in total. The number of aliphatic hydroxyl groups excluding tert-OH is 1. The zero-order chi connectivity index (χ0) is 53.2. The second-order valence-electron chi connectivity index (χ2n) is 19.7. The number of nitrogens with two attached hydrogens (primary N) is 3. The smallest absolute Gasteiger partial charge is 0.243 e. The third-order valence-corrected chi connectivity index (χ3v) is 12.8. The lowest BCUT2D eigenvalue weighted by Gasteiger charge is -2.29. The van der Waals surface area contributed by atoms with Crippen molar-refractivity contribution in [2.75, 3.05) is 6.54 Å². The van der Waals surface area contributed by atoms with Gasteiger partial charge in [-0.05, 0) is 55.6 Å². The molecule has 0 aliphatic heterocycles. The van der Waals surface area contributed by atoms with E-state index in [4.69, 9.17) is 17.2 Å². The zero-order valence-electron chi connectivity index (χ0n) is 42.1. The number of aryl methyl sites for hydroxylation is 1. The summed E-state index contributed by atoms with van der Waals surface area (Å²) in [6.45, 7) is 7.85. The summed E-state index contributed by atoms with van der Waals surface area (Å²) in [6, 6.07) is -0.542. The van der Waals surface area contributed by atoms with E-state index in [1.807, 2.05) is 38.1 Å². The Balaban J connectivity index is 1.39. The van der Waals surface area contributed by atoms with Gasteiger partial charge in [0.15, 0.2) is 0 Å². The average molecular weight is 1010 g/mol. The molecule has 8 atom stereocenters. The number of para-hydroxylation sites is 1. The monoisotopic (exact) mass is 1010 g/mol. The number of nitrogens with one attached hydrogen (secondary N) is 8. The van der Waals surface area contributed by atoms with Crippen molar-refractivity contribution in [3.05, 3.63) is 54.2 Å². The maximum absolute atomic E-state index is 14.0. The molecule has 15 N–H and O–H groups in total. The lowest BCUT2D eigenvalue weighted by molar-refractivity contribution is -0.134. The average Bonchev–Trinajstić information content (AvgIpc) is 4.09. The standard InChI is InChI=1S/C49H75N13O10/c1-26(2)17-35(39(63)21-41(65)57-36(44(52)67)18-29-11-7-8-12-29)59-48(71)38(20-31-23-53-25-62(31)6)58-42(66)24-55-49(72)43(27(3)4)61-45(68)28(5)56-47(70)37(60-46(69)33(50)15-16-40(51)64)19-30-22-54-34-14-10-9-13-32(30)34/h9-10,13-14,22-23,25-29,33,35-39,43,54,63H,7-8,11-12,15-21,24,50H2,1-6H3,(H2,51,64)(H2,52,67)(H,55,72)(H,56,70)(H,57,65)(H,58,66)(H,59,71)(H,60,69)(H,61,68)/t28-,33-,35-,36-,37-,38-,39-,43-/m0/s1. The minimum atomic E-state index is -1.37. The molecule has 23 heteroatoms. The highest BCUT2D eigenvalue weighted by Crippen LogP contribution is 2.28. The molecule has 1 aliphatic carbocycles. The number of carbonyl (C=O) groups is 9. The van der Waals surface area contributed by atoms with Crippen LogP contribution in [0.5, 0.6) is 0 Å². The van der Waals surface area contributed by atoms with E-state index in [1.54, 1.807) is 31.7 Å². The highest BCUT2D eigenvalue weighted by atomic mass is 16.3. The van der Waals surface area contributed by atoms with Gasteiger partial charge in [0.1, 0.15) is 30.2 Å². The number of rotatable bonds is 29. The van der Waals surface area contributed by atoms with Gasteiger partial charge in [0, 0.05) is 55.3 Å². The van der Waals surface area contributed by atoms with E-state index >= 15 is 0 Å². The quantitative estimate of drug-likeness (QED) is 0.0392. The summed E-state index contributed by atoms with van der Waals surface area (Å²) in [5, 5.41) is 30.6. The van der Waals surface area contributed by atoms with E-state index in [0.717, 1.165) is 36.6 Å². The van der Waals surface area contributed by atoms with Crippen molar-refractivity contribution in [1.29, 1.82) is 0 Å². The van der Waals surface area contributed by atoms with E-state index < -0.39 is 120 Å². The highest BCUT2D eigenvalue weighted by Gasteiger charge is 2.34. The predicted octanol–water partition coefficient (Wildman–Crippen LogP) is -1.16. The van der Waals surface area contributed by atoms with Crippen LogP contribution in [0.1, 0.15) is 104 Å². The Bertz CT molecular complexity index is 2360. The van der Waals surface area contributed by atoms with E-state index in [-0.39, 0.29) is 43.9 Å². The number of fused-ring (bicyclic) bond motifs is 1. The Hall–Kier alpha value is -6.88. The number of aliphatic hydroxyl groups is 1. The van der Waals surface area contributed by atoms with Crippen LogP contribution in [0.3, 0.4) is 0 Å². The molecule has 0 saturated heterocycles. The molecular weight excluding hydrogens is 931 g/mol. The van der Waals surface area contributed by atoms with Gasteiger partial charge in [-0.25, -0.2) is 4.98 Å². The lowest BCUT2D eigenvalue weighted by atomic mass is 9.95. The number of aromatic nitrogens is 3. The van der Waals surface area contributed by atoms with Crippen LogP contribution >= 0.6 is 0 Å². The van der Waals surface area contributed by atoms with Crippen LogP contribution < -0.4 is 54.4 Å². The first-order valence-electron chi connectivity index (χ1n) is 24.6. The molecular formula is C49H75N13O10. The van der Waals surface area contributed by atoms with Crippen molar-refractivity contribution >= 4 is 64.1 Å². The van der Waals surface area contributed by atoms with Crippen molar-refractivity contribution in [3.63, 3.8) is 0 Å². The minimum absolute atomic E-state index is 0.00166. The summed E-state index contributed by atoms with van der Waals surface area (Å²) in [5.41, 5.74) is 18.9. The first-order chi connectivity index (χ1) is 34.0. The molecule has 0 radical (unpaired) electrons. The molecule has 0 spiro atoms. The number of H-pyrrole nitrogens is 1. The minimum Gasteiger partial charge on any atom is -0.390 e. The fraction of sp³-hybridized carbons (Fsp3) is 0.592. The van der Waals surface area contributed by atoms with Crippen LogP contribution in [0.2, 0.25) is 0 Å². The molecule has 1 fully saturated rings. The first kappa shape index (κ1) is 57.7. The fourth-order valence-electron chi connectivity index (χ4n) is 8.67. The molecule has 1 aliphatic rings. The molecule has 72 heavy (non-hydrogen) atoms. The van der Waals surface area contributed by atoms with Crippen molar-refractivity contribution in [1.82, 2.24) is 51.8 Å². The topological polar surface area (TPSA) is 370 Å². The van der Waals surface area contributed by atoms with Gasteiger partial charge >= 0.3 is 0 Å². The zero-order valence-corrected chi connectivity index (χ0v) is 42.1. The van der Waals surface area contributed by atoms with Crippen LogP contribution in [0.25, 0.3) is 10.9 Å². The number of aromatic amines is 1. The molecule has 1 saturated carbocycles. The van der Waals surface area contributed by atoms with E-state index in [2.05, 4.69) is 47.2 Å². The van der Waals surface area contributed by atoms with Crippen LogP contribution in [0, 0.1) is 17.8 Å². The van der Waals surface area contributed by atoms with Gasteiger partial charge in [-0.1, -0.05) is 71.6 Å². The molecule has 9 amide bonds. The van der Waals surface area contributed by atoms with Gasteiger partial charge in [-0.2, -0.15) is 0 Å². The number of carbonyl (C=O) groups excluding carboxylic acids is 9. The number of imidazole rings is 1. The van der Waals surface area contributed by atoms with E-state index in [9.17, 15) is 48.3 Å². The van der Waals surface area contributed by atoms with Crippen LogP contribution in [0.15, 0.2) is 43.0 Å². The molecule has 0 bridgehead atoms. The van der Waals surface area contributed by atoms with Gasteiger partial charge in [-0.15, -0.1) is 0 Å². The van der Waals surface area contributed by atoms with Crippen molar-refractivity contribution in [2.24, 2.45) is 42.0 Å². The number of amides is 9. The van der Waals surface area contributed by atoms with Crippen LogP contribution in [-0.2, 0) is 63.0 Å². The molecule has 3 aromatic rings. The Labute approximate surface area is 419 Å². The molecule has 2 heterocycles. The predicted molar refractivity (Wildman–Crippen MR) is 266 cm³/mol. The highest BCUT2D eigenvalue weighted by molar-refractivity contribution is 5.96. The summed E-state index contributed by atoms with van der Waals surface area (Å²) in [6.07, 6.45) is 7.29.